The lowest BCUT2D eigenvalue weighted by atomic mass is 10.1. The van der Waals surface area contributed by atoms with E-state index in [4.69, 9.17) is 13.9 Å². The molecule has 0 unspecified atom stereocenters. The molecule has 7 nitrogen and oxygen atoms in total. The van der Waals surface area contributed by atoms with Gasteiger partial charge in [0.15, 0.2) is 11.5 Å². The topological polar surface area (TPSA) is 72.2 Å². The molecule has 33 heavy (non-hydrogen) atoms. The van der Waals surface area contributed by atoms with Crippen LogP contribution in [-0.4, -0.2) is 41.0 Å². The third-order valence-corrected chi connectivity index (χ3v) is 5.74. The molecule has 3 aromatic rings. The summed E-state index contributed by atoms with van der Waals surface area (Å²) in [6.07, 6.45) is 3.27. The molecular weight excluding hydrogens is 427 g/mol. The largest absolute Gasteiger partial charge is 0.467 e. The third kappa shape index (κ3) is 4.84. The van der Waals surface area contributed by atoms with Crippen LogP contribution in [-0.2, 0) is 17.9 Å². The van der Waals surface area contributed by atoms with Crippen molar-refractivity contribution in [3.8, 4) is 11.5 Å². The second-order valence-corrected chi connectivity index (χ2v) is 8.19. The molecule has 0 atom stereocenters. The molecule has 8 heteroatoms. The molecule has 2 aliphatic rings. The van der Waals surface area contributed by atoms with E-state index in [0.29, 0.717) is 22.8 Å². The SMILES string of the molecule is O=C(CN(C(=O)c1ccc2c(c1)OCO2)C1CC1)N(Cc1ccc(F)cc1)Cc1ccco1. The molecule has 1 aliphatic carbocycles. The van der Waals surface area contributed by atoms with Crippen molar-refractivity contribution in [2.24, 2.45) is 0 Å². The molecule has 0 radical (unpaired) electrons. The van der Waals surface area contributed by atoms with Gasteiger partial charge in [0.05, 0.1) is 12.8 Å². The van der Waals surface area contributed by atoms with Gasteiger partial charge in [0.2, 0.25) is 12.7 Å². The first kappa shape index (κ1) is 21.1. The second kappa shape index (κ2) is 8.97. The number of carbonyl (C=O) groups is 2. The van der Waals surface area contributed by atoms with Gasteiger partial charge in [-0.15, -0.1) is 0 Å². The van der Waals surface area contributed by atoms with Gasteiger partial charge in [-0.1, -0.05) is 12.1 Å². The number of halogens is 1. The van der Waals surface area contributed by atoms with E-state index in [1.54, 1.807) is 58.5 Å². The Labute approximate surface area is 190 Å². The summed E-state index contributed by atoms with van der Waals surface area (Å²) in [5, 5.41) is 0. The minimum atomic E-state index is -0.336. The lowest BCUT2D eigenvalue weighted by Crippen LogP contribution is -2.43. The van der Waals surface area contributed by atoms with Crippen molar-refractivity contribution in [1.29, 1.82) is 0 Å². The standard InChI is InChI=1S/C25H23FN2O5/c26-19-6-3-17(4-7-19)13-27(14-21-2-1-11-31-21)24(29)15-28(20-8-9-20)25(30)18-5-10-22-23(12-18)33-16-32-22/h1-7,10-12,20H,8-9,13-16H2. The minimum Gasteiger partial charge on any atom is -0.467 e. The van der Waals surface area contributed by atoms with Crippen molar-refractivity contribution < 1.29 is 27.9 Å². The molecule has 5 rings (SSSR count). The second-order valence-electron chi connectivity index (χ2n) is 8.19. The summed E-state index contributed by atoms with van der Waals surface area (Å²) in [5.41, 5.74) is 1.24. The molecule has 1 saturated carbocycles. The van der Waals surface area contributed by atoms with E-state index < -0.39 is 0 Å². The van der Waals surface area contributed by atoms with Crippen LogP contribution < -0.4 is 9.47 Å². The fraction of sp³-hybridized carbons (Fsp3) is 0.280. The lowest BCUT2D eigenvalue weighted by molar-refractivity contribution is -0.133. The summed E-state index contributed by atoms with van der Waals surface area (Å²) in [6, 6.07) is 14.7. The number of ether oxygens (including phenoxy) is 2. The summed E-state index contributed by atoms with van der Waals surface area (Å²) in [4.78, 5) is 29.9. The van der Waals surface area contributed by atoms with E-state index >= 15 is 0 Å². The molecule has 1 aliphatic heterocycles. The van der Waals surface area contributed by atoms with Crippen LogP contribution in [0.1, 0.15) is 34.5 Å². The molecule has 2 heterocycles. The Morgan fingerprint density at radius 1 is 0.970 bits per heavy atom. The summed E-state index contributed by atoms with van der Waals surface area (Å²) in [7, 11) is 0. The van der Waals surface area contributed by atoms with Crippen molar-refractivity contribution in [2.45, 2.75) is 32.0 Å². The van der Waals surface area contributed by atoms with Gasteiger partial charge >= 0.3 is 0 Å². The Balaban J connectivity index is 1.34. The molecule has 1 fully saturated rings. The maximum Gasteiger partial charge on any atom is 0.254 e. The average Bonchev–Trinajstić information content (AvgIpc) is 3.32. The summed E-state index contributed by atoms with van der Waals surface area (Å²) in [6.45, 7) is 0.596. The number of fused-ring (bicyclic) bond motifs is 1. The number of amides is 2. The van der Waals surface area contributed by atoms with Gasteiger partial charge in [-0.2, -0.15) is 0 Å². The molecule has 0 N–H and O–H groups in total. The van der Waals surface area contributed by atoms with Crippen LogP contribution in [0.3, 0.4) is 0 Å². The molecule has 2 aromatic carbocycles. The first-order valence-electron chi connectivity index (χ1n) is 10.8. The molecule has 2 amide bonds. The zero-order valence-corrected chi connectivity index (χ0v) is 17.9. The van der Waals surface area contributed by atoms with Gasteiger partial charge in [0, 0.05) is 18.2 Å². The predicted molar refractivity (Wildman–Crippen MR) is 116 cm³/mol. The predicted octanol–water partition coefficient (Wildman–Crippen LogP) is 3.98. The summed E-state index contributed by atoms with van der Waals surface area (Å²) < 4.78 is 29.5. The van der Waals surface area contributed by atoms with Crippen molar-refractivity contribution in [2.75, 3.05) is 13.3 Å². The quantitative estimate of drug-likeness (QED) is 0.519. The van der Waals surface area contributed by atoms with Crippen molar-refractivity contribution in [3.63, 3.8) is 0 Å². The monoisotopic (exact) mass is 450 g/mol. The molecule has 0 bridgehead atoms. The van der Waals surface area contributed by atoms with Crippen LogP contribution in [0.25, 0.3) is 0 Å². The molecule has 1 aromatic heterocycles. The Kier molecular flexibility index (Phi) is 5.73. The molecule has 170 valence electrons. The number of hydrogen-bond acceptors (Lipinski definition) is 5. The number of rotatable bonds is 8. The number of furan rings is 1. The highest BCUT2D eigenvalue weighted by molar-refractivity contribution is 5.97. The Hall–Kier alpha value is -3.81. The smallest absolute Gasteiger partial charge is 0.254 e. The minimum absolute atomic E-state index is 0.0307. The normalized spacial score (nSPS) is 14.2. The summed E-state index contributed by atoms with van der Waals surface area (Å²) in [5.74, 6) is 0.992. The first-order chi connectivity index (χ1) is 16.1. The maximum absolute atomic E-state index is 13.4. The van der Waals surface area contributed by atoms with E-state index in [-0.39, 0.29) is 50.1 Å². The number of hydrogen-bond donors (Lipinski definition) is 0. The fourth-order valence-electron chi connectivity index (χ4n) is 3.83. The average molecular weight is 450 g/mol. The van der Waals surface area contributed by atoms with Crippen LogP contribution in [0, 0.1) is 5.82 Å². The van der Waals surface area contributed by atoms with Gasteiger partial charge in [-0.3, -0.25) is 9.59 Å². The zero-order valence-electron chi connectivity index (χ0n) is 17.9. The van der Waals surface area contributed by atoms with E-state index in [1.807, 2.05) is 0 Å². The Bertz CT molecular complexity index is 1140. The van der Waals surface area contributed by atoms with Gasteiger partial charge < -0.3 is 23.7 Å². The third-order valence-electron chi connectivity index (χ3n) is 5.74. The number of carbonyl (C=O) groups excluding carboxylic acids is 2. The van der Waals surface area contributed by atoms with Crippen LogP contribution >= 0.6 is 0 Å². The van der Waals surface area contributed by atoms with Crippen molar-refractivity contribution in [1.82, 2.24) is 9.80 Å². The van der Waals surface area contributed by atoms with Gasteiger partial charge in [-0.05, 0) is 60.9 Å². The molecule has 0 spiro atoms. The maximum atomic E-state index is 13.4. The Morgan fingerprint density at radius 2 is 1.76 bits per heavy atom. The van der Waals surface area contributed by atoms with E-state index in [2.05, 4.69) is 0 Å². The van der Waals surface area contributed by atoms with Crippen LogP contribution in [0.15, 0.2) is 65.3 Å². The van der Waals surface area contributed by atoms with E-state index in [0.717, 1.165) is 18.4 Å². The van der Waals surface area contributed by atoms with E-state index in [9.17, 15) is 14.0 Å². The van der Waals surface area contributed by atoms with Crippen molar-refractivity contribution >= 4 is 11.8 Å². The van der Waals surface area contributed by atoms with Crippen LogP contribution in [0.5, 0.6) is 11.5 Å². The summed E-state index contributed by atoms with van der Waals surface area (Å²) >= 11 is 0. The highest BCUT2D eigenvalue weighted by Crippen LogP contribution is 2.34. The van der Waals surface area contributed by atoms with Crippen LogP contribution in [0.2, 0.25) is 0 Å². The van der Waals surface area contributed by atoms with Crippen LogP contribution in [0.4, 0.5) is 4.39 Å². The van der Waals surface area contributed by atoms with Gasteiger partial charge in [0.1, 0.15) is 18.1 Å². The number of nitrogens with zero attached hydrogens (tertiary/aromatic N) is 2. The highest BCUT2D eigenvalue weighted by Gasteiger charge is 2.36. The van der Waals surface area contributed by atoms with Gasteiger partial charge in [-0.25, -0.2) is 4.39 Å². The lowest BCUT2D eigenvalue weighted by Gasteiger charge is -2.27. The number of benzene rings is 2. The first-order valence-corrected chi connectivity index (χ1v) is 10.8. The molecular formula is C25H23FN2O5. The fourth-order valence-corrected chi connectivity index (χ4v) is 3.83. The van der Waals surface area contributed by atoms with E-state index in [1.165, 1.54) is 12.1 Å². The highest BCUT2D eigenvalue weighted by atomic mass is 19.1. The zero-order chi connectivity index (χ0) is 22.8. The van der Waals surface area contributed by atoms with Gasteiger partial charge in [0.25, 0.3) is 5.91 Å². The molecule has 0 saturated heterocycles. The van der Waals surface area contributed by atoms with Crippen molar-refractivity contribution in [3.05, 3.63) is 83.6 Å². The Morgan fingerprint density at radius 3 is 2.48 bits per heavy atom.